The number of halogens is 1. The summed E-state index contributed by atoms with van der Waals surface area (Å²) in [6.45, 7) is 7.30. The van der Waals surface area contributed by atoms with E-state index in [2.05, 4.69) is 13.2 Å². The van der Waals surface area contributed by atoms with Crippen LogP contribution in [0.15, 0.2) is 66.3 Å². The Hall–Kier alpha value is -1.12. The molecule has 1 aromatic rings. The topological polar surface area (TPSA) is 9.23 Å². The van der Waals surface area contributed by atoms with Crippen molar-refractivity contribution in [1.82, 2.24) is 0 Å². The predicted molar refractivity (Wildman–Crippen MR) is 67.3 cm³/mol. The first-order valence-electron chi connectivity index (χ1n) is 4.31. The van der Waals surface area contributed by atoms with Crippen LogP contribution < -0.4 is 4.74 Å². The van der Waals surface area contributed by atoms with Gasteiger partial charge in [0.05, 0.1) is 0 Å². The van der Waals surface area contributed by atoms with E-state index in [1.165, 1.54) is 11.0 Å². The van der Waals surface area contributed by atoms with Crippen molar-refractivity contribution in [1.29, 1.82) is 0 Å². The fourth-order valence-corrected chi connectivity index (χ4v) is 1.47. The molecule has 0 fully saturated rings. The van der Waals surface area contributed by atoms with E-state index in [1.54, 1.807) is 18.2 Å². The van der Waals surface area contributed by atoms with E-state index >= 15 is 0 Å². The Morgan fingerprint density at radius 1 is 1.33 bits per heavy atom. The molecule has 15 heavy (non-hydrogen) atoms. The van der Waals surface area contributed by atoms with Crippen molar-refractivity contribution in [3.05, 3.63) is 61.4 Å². The first-order chi connectivity index (χ1) is 7.26. The molecule has 0 bridgehead atoms. The Morgan fingerprint density at radius 2 is 2.00 bits per heavy atom. The molecular formula is C12H11ClOS. The van der Waals surface area contributed by atoms with Gasteiger partial charge in [-0.25, -0.2) is 0 Å². The smallest absolute Gasteiger partial charge is 0.127 e. The number of hydrogen-bond acceptors (Lipinski definition) is 2. The van der Waals surface area contributed by atoms with Gasteiger partial charge in [0.2, 0.25) is 0 Å². The van der Waals surface area contributed by atoms with E-state index in [1.807, 2.05) is 24.3 Å². The summed E-state index contributed by atoms with van der Waals surface area (Å²) in [5.41, 5.74) is 0. The van der Waals surface area contributed by atoms with Crippen LogP contribution in [0.5, 0.6) is 5.75 Å². The summed E-state index contributed by atoms with van der Waals surface area (Å²) in [4.78, 5) is 0.983. The highest BCUT2D eigenvalue weighted by Gasteiger charge is 1.95. The van der Waals surface area contributed by atoms with E-state index < -0.39 is 0 Å². The molecule has 0 radical (unpaired) electrons. The van der Waals surface area contributed by atoms with Crippen molar-refractivity contribution in [3.63, 3.8) is 0 Å². The average Bonchev–Trinajstić information content (AvgIpc) is 2.27. The van der Waals surface area contributed by atoms with Gasteiger partial charge in [0.25, 0.3) is 0 Å². The lowest BCUT2D eigenvalue weighted by Gasteiger charge is -2.04. The number of allylic oxidation sites excluding steroid dienone is 3. The van der Waals surface area contributed by atoms with Gasteiger partial charge in [-0.2, -0.15) is 0 Å². The maximum absolute atomic E-state index is 5.59. The van der Waals surface area contributed by atoms with E-state index in [4.69, 9.17) is 15.4 Å². The number of benzene rings is 1. The highest BCUT2D eigenvalue weighted by Crippen LogP contribution is 2.24. The number of hydrogen-bond donors (Lipinski definition) is 0. The fraction of sp³-hybridized carbons (Fsp3) is 0. The summed E-state index contributed by atoms with van der Waals surface area (Å²) in [6, 6.07) is 7.46. The molecular weight excluding hydrogens is 228 g/mol. The highest BCUT2D eigenvalue weighted by molar-refractivity contribution is 8.21. The maximum atomic E-state index is 5.59. The minimum absolute atomic E-state index is 0.571. The fourth-order valence-electron chi connectivity index (χ4n) is 0.920. The second-order valence-electron chi connectivity index (χ2n) is 2.71. The summed E-state index contributed by atoms with van der Waals surface area (Å²) in [5, 5.41) is 0. The third-order valence-electron chi connectivity index (χ3n) is 1.58. The van der Waals surface area contributed by atoms with Crippen molar-refractivity contribution in [3.8, 4) is 5.75 Å². The molecule has 1 nitrogen and oxygen atoms in total. The minimum Gasteiger partial charge on any atom is -0.458 e. The van der Waals surface area contributed by atoms with E-state index in [0.717, 1.165) is 10.6 Å². The quantitative estimate of drug-likeness (QED) is 0.549. The lowest BCUT2D eigenvalue weighted by molar-refractivity contribution is 0.446. The maximum Gasteiger partial charge on any atom is 0.127 e. The Balaban J connectivity index is 2.60. The van der Waals surface area contributed by atoms with Gasteiger partial charge in [0.1, 0.15) is 11.5 Å². The third kappa shape index (κ3) is 4.28. The molecule has 78 valence electrons. The molecule has 0 aliphatic carbocycles. The minimum atomic E-state index is 0.571. The molecule has 0 aliphatic rings. The lowest BCUT2D eigenvalue weighted by atomic mass is 10.3. The molecule has 0 N–H and O–H groups in total. The van der Waals surface area contributed by atoms with Gasteiger partial charge in [-0.15, -0.1) is 0 Å². The SMILES string of the molecule is C=C/C=C\C(=C)Oc1ccc(SCl)cc1. The van der Waals surface area contributed by atoms with E-state index in [0.29, 0.717) is 5.76 Å². The normalized spacial score (nSPS) is 10.2. The molecule has 0 saturated carbocycles. The van der Waals surface area contributed by atoms with Crippen LogP contribution in [0, 0.1) is 0 Å². The van der Waals surface area contributed by atoms with Crippen LogP contribution in [0.1, 0.15) is 0 Å². The van der Waals surface area contributed by atoms with Crippen LogP contribution in [0.2, 0.25) is 0 Å². The van der Waals surface area contributed by atoms with Gasteiger partial charge in [-0.1, -0.05) is 25.3 Å². The average molecular weight is 239 g/mol. The molecule has 0 amide bonds. The van der Waals surface area contributed by atoms with Crippen LogP contribution >= 0.6 is 21.7 Å². The Kier molecular flexibility index (Phi) is 5.08. The summed E-state index contributed by atoms with van der Waals surface area (Å²) in [7, 11) is 6.77. The van der Waals surface area contributed by atoms with E-state index in [9.17, 15) is 0 Å². The van der Waals surface area contributed by atoms with Gasteiger partial charge >= 0.3 is 0 Å². The monoisotopic (exact) mass is 238 g/mol. The molecule has 0 aromatic heterocycles. The van der Waals surface area contributed by atoms with Gasteiger partial charge < -0.3 is 4.74 Å². The van der Waals surface area contributed by atoms with Crippen LogP contribution in [0.4, 0.5) is 0 Å². The third-order valence-corrected chi connectivity index (χ3v) is 2.56. The first-order valence-corrected chi connectivity index (χ1v) is 5.95. The highest BCUT2D eigenvalue weighted by atomic mass is 35.7. The van der Waals surface area contributed by atoms with Crippen molar-refractivity contribution < 1.29 is 4.74 Å². The first kappa shape index (κ1) is 12.0. The summed E-state index contributed by atoms with van der Waals surface area (Å²) < 4.78 is 5.43. The van der Waals surface area contributed by atoms with Crippen molar-refractivity contribution in [2.75, 3.05) is 0 Å². The molecule has 1 aromatic carbocycles. The van der Waals surface area contributed by atoms with Gasteiger partial charge in [0.15, 0.2) is 0 Å². The van der Waals surface area contributed by atoms with Gasteiger partial charge in [-0.3, -0.25) is 0 Å². The van der Waals surface area contributed by atoms with Crippen molar-refractivity contribution >= 4 is 21.7 Å². The molecule has 0 unspecified atom stereocenters. The zero-order valence-corrected chi connectivity index (χ0v) is 9.72. The molecule has 0 spiro atoms. The Morgan fingerprint density at radius 3 is 2.53 bits per heavy atom. The largest absolute Gasteiger partial charge is 0.458 e. The lowest BCUT2D eigenvalue weighted by Crippen LogP contribution is -1.89. The second-order valence-corrected chi connectivity index (χ2v) is 3.80. The van der Waals surface area contributed by atoms with Crippen LogP contribution in [0.25, 0.3) is 0 Å². The molecule has 0 atom stereocenters. The van der Waals surface area contributed by atoms with Crippen LogP contribution in [-0.4, -0.2) is 0 Å². The van der Waals surface area contributed by atoms with Crippen LogP contribution in [-0.2, 0) is 0 Å². The molecule has 3 heteroatoms. The predicted octanol–water partition coefficient (Wildman–Crippen LogP) is 4.57. The zero-order chi connectivity index (χ0) is 11.1. The summed E-state index contributed by atoms with van der Waals surface area (Å²) in [6.07, 6.45) is 5.18. The van der Waals surface area contributed by atoms with E-state index in [-0.39, 0.29) is 0 Å². The summed E-state index contributed by atoms with van der Waals surface area (Å²) >= 11 is 0. The Bertz CT molecular complexity index is 368. The molecule has 0 aliphatic heterocycles. The number of rotatable bonds is 5. The van der Waals surface area contributed by atoms with Crippen LogP contribution in [0.3, 0.4) is 0 Å². The second kappa shape index (κ2) is 6.38. The molecule has 1 rings (SSSR count). The summed E-state index contributed by atoms with van der Waals surface area (Å²) in [5.74, 6) is 1.31. The molecule has 0 saturated heterocycles. The molecule has 0 heterocycles. The van der Waals surface area contributed by atoms with Crippen molar-refractivity contribution in [2.45, 2.75) is 4.90 Å². The number of ether oxygens (including phenoxy) is 1. The Labute approximate surface area is 98.6 Å². The van der Waals surface area contributed by atoms with Gasteiger partial charge in [-0.05, 0) is 52.0 Å². The van der Waals surface area contributed by atoms with Gasteiger partial charge in [0, 0.05) is 4.90 Å². The zero-order valence-electron chi connectivity index (χ0n) is 8.15. The standard InChI is InChI=1S/C12H11ClOS/c1-3-4-5-10(2)14-11-6-8-12(15-13)9-7-11/h3-9H,1-2H2/b5-4-. The van der Waals surface area contributed by atoms with Crippen molar-refractivity contribution in [2.24, 2.45) is 0 Å².